The maximum absolute atomic E-state index is 13.7. The largest absolute Gasteiger partial charge is 0.375 e. The molecule has 106 valence electrons. The molecule has 20 heavy (non-hydrogen) atoms. The van der Waals surface area contributed by atoms with Crippen molar-refractivity contribution < 1.29 is 4.39 Å². The number of rotatable bonds is 6. The molecule has 2 N–H and O–H groups in total. The minimum atomic E-state index is -0.222. The van der Waals surface area contributed by atoms with E-state index < -0.39 is 0 Å². The molecule has 0 atom stereocenters. The molecule has 0 saturated heterocycles. The van der Waals surface area contributed by atoms with E-state index in [-0.39, 0.29) is 12.4 Å². The zero-order chi connectivity index (χ0) is 14.4. The van der Waals surface area contributed by atoms with Crippen LogP contribution in [0.25, 0.3) is 0 Å². The lowest BCUT2D eigenvalue weighted by molar-refractivity contribution is 0.610. The Balaban J connectivity index is 1.88. The van der Waals surface area contributed by atoms with E-state index in [0.29, 0.717) is 5.56 Å². The lowest BCUT2D eigenvalue weighted by Gasteiger charge is -2.20. The zero-order valence-electron chi connectivity index (χ0n) is 11.8. The van der Waals surface area contributed by atoms with Gasteiger partial charge in [0.25, 0.3) is 0 Å². The second kappa shape index (κ2) is 7.06. The van der Waals surface area contributed by atoms with Crippen LogP contribution in [0.2, 0.25) is 0 Å². The maximum atomic E-state index is 13.7. The summed E-state index contributed by atoms with van der Waals surface area (Å²) in [6, 6.07) is 15.7. The van der Waals surface area contributed by atoms with E-state index in [1.165, 1.54) is 5.56 Å². The summed E-state index contributed by atoms with van der Waals surface area (Å²) in [5.41, 5.74) is 8.26. The molecule has 0 spiro atoms. The molecule has 0 bridgehead atoms. The van der Waals surface area contributed by atoms with Gasteiger partial charge in [0, 0.05) is 31.4 Å². The number of benzene rings is 2. The van der Waals surface area contributed by atoms with Crippen LogP contribution >= 0.6 is 0 Å². The number of nitrogens with two attached hydrogens (primary N) is 1. The summed E-state index contributed by atoms with van der Waals surface area (Å²) >= 11 is 0. The molecule has 2 aromatic rings. The van der Waals surface area contributed by atoms with E-state index in [9.17, 15) is 4.39 Å². The summed E-state index contributed by atoms with van der Waals surface area (Å²) in [6.45, 7) is 1.14. The molecular weight excluding hydrogens is 251 g/mol. The van der Waals surface area contributed by atoms with Gasteiger partial charge in [-0.1, -0.05) is 36.4 Å². The van der Waals surface area contributed by atoms with Crippen LogP contribution in [0.1, 0.15) is 17.5 Å². The minimum absolute atomic E-state index is 0.222. The highest BCUT2D eigenvalue weighted by molar-refractivity contribution is 5.47. The molecule has 0 aliphatic rings. The summed E-state index contributed by atoms with van der Waals surface area (Å²) in [5, 5.41) is 0. The molecule has 0 unspecified atom stereocenters. The third-order valence-corrected chi connectivity index (χ3v) is 3.50. The SMILES string of the molecule is CN(CCCc1ccccc1)c1ccc(CN)c(F)c1. The molecule has 0 fully saturated rings. The zero-order valence-corrected chi connectivity index (χ0v) is 11.8. The van der Waals surface area contributed by atoms with Crippen molar-refractivity contribution >= 4 is 5.69 Å². The molecule has 0 amide bonds. The predicted octanol–water partition coefficient (Wildman–Crippen LogP) is 3.35. The molecule has 0 aliphatic heterocycles. The molecule has 3 heteroatoms. The Hall–Kier alpha value is -1.87. The number of halogens is 1. The van der Waals surface area contributed by atoms with Gasteiger partial charge < -0.3 is 10.6 Å². The lowest BCUT2D eigenvalue weighted by atomic mass is 10.1. The van der Waals surface area contributed by atoms with Gasteiger partial charge in [-0.2, -0.15) is 0 Å². The molecule has 0 radical (unpaired) electrons. The van der Waals surface area contributed by atoms with E-state index in [0.717, 1.165) is 25.1 Å². The van der Waals surface area contributed by atoms with Gasteiger partial charge in [0.15, 0.2) is 0 Å². The first-order chi connectivity index (χ1) is 9.70. The fourth-order valence-corrected chi connectivity index (χ4v) is 2.23. The Morgan fingerprint density at radius 1 is 1.10 bits per heavy atom. The van der Waals surface area contributed by atoms with Gasteiger partial charge in [0.05, 0.1) is 0 Å². The average Bonchev–Trinajstić information content (AvgIpc) is 2.48. The van der Waals surface area contributed by atoms with Gasteiger partial charge >= 0.3 is 0 Å². The molecule has 0 aliphatic carbocycles. The van der Waals surface area contributed by atoms with Crippen molar-refractivity contribution in [1.82, 2.24) is 0 Å². The third kappa shape index (κ3) is 3.81. The molecule has 0 aromatic heterocycles. The van der Waals surface area contributed by atoms with Crippen LogP contribution in [0.5, 0.6) is 0 Å². The van der Waals surface area contributed by atoms with Crippen LogP contribution in [-0.4, -0.2) is 13.6 Å². The van der Waals surface area contributed by atoms with E-state index in [4.69, 9.17) is 5.73 Å². The first-order valence-corrected chi connectivity index (χ1v) is 6.94. The van der Waals surface area contributed by atoms with Crippen LogP contribution < -0.4 is 10.6 Å². The molecule has 0 saturated carbocycles. The molecule has 0 heterocycles. The predicted molar refractivity (Wildman–Crippen MR) is 82.3 cm³/mol. The van der Waals surface area contributed by atoms with Crippen LogP contribution in [0.3, 0.4) is 0 Å². The Bertz CT molecular complexity index is 540. The van der Waals surface area contributed by atoms with E-state index in [1.54, 1.807) is 12.1 Å². The van der Waals surface area contributed by atoms with Gasteiger partial charge in [-0.05, 0) is 30.5 Å². The van der Waals surface area contributed by atoms with Gasteiger partial charge in [-0.15, -0.1) is 0 Å². The van der Waals surface area contributed by atoms with Gasteiger partial charge in [0.2, 0.25) is 0 Å². The Kier molecular flexibility index (Phi) is 5.13. The second-order valence-electron chi connectivity index (χ2n) is 4.99. The molecule has 2 nitrogen and oxygen atoms in total. The van der Waals surface area contributed by atoms with Crippen molar-refractivity contribution in [3.8, 4) is 0 Å². The van der Waals surface area contributed by atoms with E-state index in [2.05, 4.69) is 29.2 Å². The van der Waals surface area contributed by atoms with Gasteiger partial charge in [0.1, 0.15) is 5.82 Å². The average molecular weight is 272 g/mol. The number of nitrogens with zero attached hydrogens (tertiary/aromatic N) is 1. The quantitative estimate of drug-likeness (QED) is 0.873. The first kappa shape index (κ1) is 14.5. The standard InChI is InChI=1S/C17H21FN2/c1-20(11-5-8-14-6-3-2-4-7-14)16-10-9-15(13-19)17(18)12-16/h2-4,6-7,9-10,12H,5,8,11,13,19H2,1H3. The second-order valence-corrected chi connectivity index (χ2v) is 4.99. The lowest BCUT2D eigenvalue weighted by Crippen LogP contribution is -2.19. The topological polar surface area (TPSA) is 29.3 Å². The Morgan fingerprint density at radius 3 is 2.50 bits per heavy atom. The van der Waals surface area contributed by atoms with Crippen LogP contribution in [-0.2, 0) is 13.0 Å². The first-order valence-electron chi connectivity index (χ1n) is 6.94. The highest BCUT2D eigenvalue weighted by Gasteiger charge is 2.05. The van der Waals surface area contributed by atoms with Gasteiger partial charge in [-0.3, -0.25) is 0 Å². The summed E-state index contributed by atoms with van der Waals surface area (Å²) in [6.07, 6.45) is 2.08. The van der Waals surface area contributed by atoms with Crippen molar-refractivity contribution in [3.05, 3.63) is 65.5 Å². The van der Waals surface area contributed by atoms with E-state index in [1.807, 2.05) is 19.2 Å². The normalized spacial score (nSPS) is 10.6. The Morgan fingerprint density at radius 2 is 1.85 bits per heavy atom. The highest BCUT2D eigenvalue weighted by Crippen LogP contribution is 2.18. The van der Waals surface area contributed by atoms with Crippen LogP contribution in [0.4, 0.5) is 10.1 Å². The van der Waals surface area contributed by atoms with Crippen LogP contribution in [0, 0.1) is 5.82 Å². The maximum Gasteiger partial charge on any atom is 0.129 e. The third-order valence-electron chi connectivity index (χ3n) is 3.50. The number of anilines is 1. The fourth-order valence-electron chi connectivity index (χ4n) is 2.23. The molecular formula is C17H21FN2. The molecule has 2 rings (SSSR count). The smallest absolute Gasteiger partial charge is 0.129 e. The fraction of sp³-hybridized carbons (Fsp3) is 0.294. The monoisotopic (exact) mass is 272 g/mol. The Labute approximate surface area is 120 Å². The summed E-state index contributed by atoms with van der Waals surface area (Å²) in [4.78, 5) is 2.08. The summed E-state index contributed by atoms with van der Waals surface area (Å²) < 4.78 is 13.7. The van der Waals surface area contributed by atoms with Crippen molar-refractivity contribution in [2.24, 2.45) is 5.73 Å². The summed E-state index contributed by atoms with van der Waals surface area (Å²) in [5.74, 6) is -0.222. The summed E-state index contributed by atoms with van der Waals surface area (Å²) in [7, 11) is 1.99. The number of hydrogen-bond donors (Lipinski definition) is 1. The van der Waals surface area contributed by atoms with Crippen molar-refractivity contribution in [2.75, 3.05) is 18.5 Å². The van der Waals surface area contributed by atoms with Crippen LogP contribution in [0.15, 0.2) is 48.5 Å². The van der Waals surface area contributed by atoms with Crippen molar-refractivity contribution in [3.63, 3.8) is 0 Å². The number of hydrogen-bond acceptors (Lipinski definition) is 2. The minimum Gasteiger partial charge on any atom is -0.375 e. The van der Waals surface area contributed by atoms with E-state index >= 15 is 0 Å². The van der Waals surface area contributed by atoms with Gasteiger partial charge in [-0.25, -0.2) is 4.39 Å². The number of aryl methyl sites for hydroxylation is 1. The van der Waals surface area contributed by atoms with Crippen molar-refractivity contribution in [1.29, 1.82) is 0 Å². The van der Waals surface area contributed by atoms with Crippen molar-refractivity contribution in [2.45, 2.75) is 19.4 Å². The molecule has 2 aromatic carbocycles. The highest BCUT2D eigenvalue weighted by atomic mass is 19.1.